The predicted molar refractivity (Wildman–Crippen MR) is 16.0 cm³/mol. The zero-order chi connectivity index (χ0) is 5.15. The van der Waals surface area contributed by atoms with Gasteiger partial charge in [-0.05, 0) is 0 Å². The molecule has 0 aliphatic heterocycles. The van der Waals surface area contributed by atoms with Gasteiger partial charge in [-0.15, -0.1) is 0 Å². The molecule has 0 aromatic rings. The number of hydrogen-bond acceptors (Lipinski definition) is 4. The van der Waals surface area contributed by atoms with Gasteiger partial charge in [0.2, 0.25) is 0 Å². The van der Waals surface area contributed by atoms with E-state index in [9.17, 15) is 0 Å². The Morgan fingerprint density at radius 3 is 1.12 bits per heavy atom. The van der Waals surface area contributed by atoms with Gasteiger partial charge in [-0.25, -0.2) is 0 Å². The molecule has 52 valence electrons. The topological polar surface area (TPSA) is 117 Å². The van der Waals surface area contributed by atoms with Crippen LogP contribution in [0.4, 0.5) is 0 Å². The van der Waals surface area contributed by atoms with Crippen molar-refractivity contribution in [3.05, 3.63) is 0 Å². The van der Waals surface area contributed by atoms with Gasteiger partial charge in [-0.1, -0.05) is 0 Å². The minimum atomic E-state index is -2.19. The van der Waals surface area contributed by atoms with Gasteiger partial charge in [0.1, 0.15) is 0 Å². The maximum absolute atomic E-state index is 8.93. The minimum absolute atomic E-state index is 0. The summed E-state index contributed by atoms with van der Waals surface area (Å²) >= 11 is 0. The van der Waals surface area contributed by atoms with Crippen LogP contribution in [0.25, 0.3) is 0 Å². The summed E-state index contributed by atoms with van der Waals surface area (Å²) in [6, 6.07) is 0. The van der Waals surface area contributed by atoms with Crippen molar-refractivity contribution in [3.8, 4) is 0 Å². The average Bonchev–Trinajstić information content (AvgIpc) is 1.36. The molecule has 0 aliphatic rings. The number of rotatable bonds is 0. The molecule has 0 aliphatic carbocycles. The predicted octanol–water partition coefficient (Wildman–Crippen LogP) is -3.14. The molecule has 0 bridgehead atoms. The second kappa shape index (κ2) is 6.39. The first-order valence-corrected chi connectivity index (χ1v) is 1.07. The van der Waals surface area contributed by atoms with E-state index in [0.29, 0.717) is 0 Å². The zero-order valence-corrected chi connectivity index (χ0v) is 4.94. The first-order valence-electron chi connectivity index (χ1n) is 1.07. The van der Waals surface area contributed by atoms with Crippen molar-refractivity contribution in [1.82, 2.24) is 6.15 Å². The minimum Gasteiger partial charge on any atom is -0.543 e. The van der Waals surface area contributed by atoms with E-state index in [0.717, 1.165) is 0 Å². The van der Waals surface area contributed by atoms with Crippen molar-refractivity contribution in [1.29, 1.82) is 0 Å². The van der Waals surface area contributed by atoms with Crippen LogP contribution in [0.15, 0.2) is 0 Å². The molecule has 0 unspecified atom stereocenters. The Bertz CT molecular complexity index is 80.0. The first-order chi connectivity index (χ1) is 2.64. The molecule has 0 atom stereocenters. The molecule has 0 aromatic carbocycles. The number of hydrogen-bond donors (Lipinski definition) is 1. The van der Waals surface area contributed by atoms with Crippen LogP contribution in [0.1, 0.15) is 0 Å². The van der Waals surface area contributed by atoms with Crippen LogP contribution in [0.3, 0.4) is 0 Å². The van der Waals surface area contributed by atoms with Crippen LogP contribution in [-0.4, -0.2) is 11.9 Å². The molecule has 0 aromatic heterocycles. The third kappa shape index (κ3) is 9.04. The molecular formula is C2H4NNiO4-. The standard InChI is InChI=1S/C2H2O4.H3N.Ni/c3-1(4)2(5)6;;/h(H,3,4)(H,5,6);1H3;/p-1. The van der Waals surface area contributed by atoms with Crippen LogP contribution in [0.2, 0.25) is 0 Å². The molecule has 0 radical (unpaired) electrons. The van der Waals surface area contributed by atoms with Crippen LogP contribution < -0.4 is 16.4 Å². The number of aliphatic carboxylic acids is 2. The van der Waals surface area contributed by atoms with Crippen molar-refractivity contribution in [3.63, 3.8) is 0 Å². The largest absolute Gasteiger partial charge is 0.543 e. The third-order valence-corrected chi connectivity index (χ3v) is 0.167. The third-order valence-electron chi connectivity index (χ3n) is 0.167. The van der Waals surface area contributed by atoms with Crippen molar-refractivity contribution in [2.45, 2.75) is 0 Å². The Labute approximate surface area is 55.2 Å². The quantitative estimate of drug-likeness (QED) is 0.301. The fourth-order valence-corrected chi connectivity index (χ4v) is 0. The van der Waals surface area contributed by atoms with E-state index in [1.54, 1.807) is 0 Å². The number of carboxylic acid groups (broad SMARTS) is 2. The summed E-state index contributed by atoms with van der Waals surface area (Å²) < 4.78 is 0. The number of quaternary nitrogens is 1. The van der Waals surface area contributed by atoms with E-state index >= 15 is 0 Å². The molecule has 5 nitrogen and oxygen atoms in total. The molecule has 0 rings (SSSR count). The van der Waals surface area contributed by atoms with E-state index in [4.69, 9.17) is 19.8 Å². The molecule has 0 fully saturated rings. The summed E-state index contributed by atoms with van der Waals surface area (Å²) in [5.41, 5.74) is 0. The van der Waals surface area contributed by atoms with E-state index in [-0.39, 0.29) is 22.6 Å². The summed E-state index contributed by atoms with van der Waals surface area (Å²) in [5.74, 6) is -4.37. The molecule has 4 N–H and O–H groups in total. The summed E-state index contributed by atoms with van der Waals surface area (Å²) in [6.45, 7) is 0. The summed E-state index contributed by atoms with van der Waals surface area (Å²) in [4.78, 5) is 17.9. The monoisotopic (exact) mass is 164 g/mol. The molecular weight excluding hydrogens is 161 g/mol. The maximum Gasteiger partial charge on any atom is 0.0870 e. The fourth-order valence-electron chi connectivity index (χ4n) is 0. The number of carbonyl (C=O) groups excluding carboxylic acids is 2. The summed E-state index contributed by atoms with van der Waals surface area (Å²) in [5, 5.41) is 17.9. The van der Waals surface area contributed by atoms with Gasteiger partial charge < -0.3 is 26.0 Å². The Morgan fingerprint density at radius 2 is 1.12 bits per heavy atom. The van der Waals surface area contributed by atoms with Crippen LogP contribution in [0, 0.1) is 0 Å². The molecule has 0 spiro atoms. The normalized spacial score (nSPS) is 5.50. The van der Waals surface area contributed by atoms with E-state index in [1.165, 1.54) is 0 Å². The van der Waals surface area contributed by atoms with Gasteiger partial charge in [0.25, 0.3) is 0 Å². The number of carboxylic acids is 2. The first kappa shape index (κ1) is 15.7. The van der Waals surface area contributed by atoms with Gasteiger partial charge >= 0.3 is 0 Å². The Morgan fingerprint density at radius 1 is 1.00 bits per heavy atom. The van der Waals surface area contributed by atoms with Crippen molar-refractivity contribution in [2.75, 3.05) is 0 Å². The van der Waals surface area contributed by atoms with Gasteiger partial charge in [-0.2, -0.15) is 0 Å². The Balaban J connectivity index is -0.000000125. The fraction of sp³-hybridized carbons (Fsp3) is 0. The van der Waals surface area contributed by atoms with Crippen LogP contribution >= 0.6 is 0 Å². The summed E-state index contributed by atoms with van der Waals surface area (Å²) in [6.07, 6.45) is 0. The molecule has 0 amide bonds. The zero-order valence-electron chi connectivity index (χ0n) is 3.95. The van der Waals surface area contributed by atoms with Crippen LogP contribution in [-0.2, 0) is 26.1 Å². The molecule has 0 saturated heterocycles. The second-order valence-corrected chi connectivity index (χ2v) is 0.575. The summed E-state index contributed by atoms with van der Waals surface area (Å²) in [7, 11) is 0. The second-order valence-electron chi connectivity index (χ2n) is 0.575. The van der Waals surface area contributed by atoms with Gasteiger partial charge in [0, 0.05) is 16.5 Å². The van der Waals surface area contributed by atoms with Crippen molar-refractivity contribution < 1.29 is 36.3 Å². The smallest absolute Gasteiger partial charge is 0.0870 e. The SMILES string of the molecule is O=C([O-])C(=O)[O-].[NH4+].[Ni]. The van der Waals surface area contributed by atoms with E-state index in [2.05, 4.69) is 0 Å². The van der Waals surface area contributed by atoms with Gasteiger partial charge in [0.05, 0.1) is 11.9 Å². The number of carbonyl (C=O) groups is 2. The Hall–Kier alpha value is -0.606. The van der Waals surface area contributed by atoms with Gasteiger partial charge in [-0.3, -0.25) is 0 Å². The molecule has 8 heavy (non-hydrogen) atoms. The average molecular weight is 165 g/mol. The molecule has 0 heterocycles. The van der Waals surface area contributed by atoms with Crippen LogP contribution in [0.5, 0.6) is 0 Å². The molecule has 6 heteroatoms. The maximum atomic E-state index is 8.93. The van der Waals surface area contributed by atoms with Crippen molar-refractivity contribution >= 4 is 11.9 Å². The van der Waals surface area contributed by atoms with Gasteiger partial charge in [0.15, 0.2) is 0 Å². The van der Waals surface area contributed by atoms with E-state index in [1.807, 2.05) is 0 Å². The van der Waals surface area contributed by atoms with Crippen molar-refractivity contribution in [2.24, 2.45) is 0 Å². The van der Waals surface area contributed by atoms with E-state index < -0.39 is 11.9 Å². The Kier molecular flexibility index (Phi) is 12.5. The molecule has 0 saturated carbocycles.